The van der Waals surface area contributed by atoms with Crippen LogP contribution >= 0.6 is 0 Å². The second-order valence-corrected chi connectivity index (χ2v) is 6.13. The molecule has 0 bridgehead atoms. The maximum atomic E-state index is 5.35. The van der Waals surface area contributed by atoms with E-state index in [-0.39, 0.29) is 5.41 Å². The van der Waals surface area contributed by atoms with Gasteiger partial charge in [-0.1, -0.05) is 36.8 Å². The number of rotatable bonds is 6. The fourth-order valence-corrected chi connectivity index (χ4v) is 3.12. The minimum Gasteiger partial charge on any atom is -0.467 e. The average Bonchev–Trinajstić information content (AvgIpc) is 3.06. The maximum absolute atomic E-state index is 5.35. The zero-order valence-electron chi connectivity index (χ0n) is 13.7. The summed E-state index contributed by atoms with van der Waals surface area (Å²) < 4.78 is 5.35. The topological polar surface area (TPSA) is 49.6 Å². The molecule has 1 aliphatic rings. The van der Waals surface area contributed by atoms with Gasteiger partial charge in [0.05, 0.1) is 6.26 Å². The summed E-state index contributed by atoms with van der Waals surface area (Å²) in [6, 6.07) is 14.7. The first-order valence-corrected chi connectivity index (χ1v) is 8.42. The predicted molar refractivity (Wildman–Crippen MR) is 93.5 cm³/mol. The van der Waals surface area contributed by atoms with E-state index < -0.39 is 0 Å². The number of hydrogen-bond donors (Lipinski definition) is 2. The first-order chi connectivity index (χ1) is 11.3. The molecule has 1 aliphatic carbocycles. The van der Waals surface area contributed by atoms with Gasteiger partial charge in [-0.25, -0.2) is 4.99 Å². The van der Waals surface area contributed by atoms with Gasteiger partial charge in [0.1, 0.15) is 12.3 Å². The van der Waals surface area contributed by atoms with Crippen molar-refractivity contribution in [3.8, 4) is 0 Å². The minimum atomic E-state index is 0.252. The third-order valence-corrected chi connectivity index (χ3v) is 4.61. The Morgan fingerprint density at radius 1 is 1.13 bits per heavy atom. The summed E-state index contributed by atoms with van der Waals surface area (Å²) in [6.45, 7) is 4.41. The van der Waals surface area contributed by atoms with Gasteiger partial charge < -0.3 is 15.1 Å². The summed E-state index contributed by atoms with van der Waals surface area (Å²) in [6.07, 6.45) is 5.46. The minimum absolute atomic E-state index is 0.252. The number of nitrogens with zero attached hydrogens (tertiary/aromatic N) is 1. The molecule has 1 heterocycles. The second-order valence-electron chi connectivity index (χ2n) is 6.13. The zero-order chi connectivity index (χ0) is 16.0. The molecule has 1 aromatic heterocycles. The van der Waals surface area contributed by atoms with Crippen LogP contribution in [-0.2, 0) is 12.0 Å². The van der Waals surface area contributed by atoms with Gasteiger partial charge in [-0.2, -0.15) is 0 Å². The Bertz CT molecular complexity index is 615. The summed E-state index contributed by atoms with van der Waals surface area (Å²) >= 11 is 0. The lowest BCUT2D eigenvalue weighted by Crippen LogP contribution is -2.48. The standard InChI is InChI=1S/C19H25N3O/c1-2-20-18(21-14-17-10-6-13-23-17)22-15-19(11-7-12-19)16-8-4-3-5-9-16/h3-6,8-10,13H,2,7,11-12,14-15H2,1H3,(H2,20,21,22). The lowest BCUT2D eigenvalue weighted by atomic mass is 9.64. The van der Waals surface area contributed by atoms with Gasteiger partial charge in [-0.15, -0.1) is 0 Å². The monoisotopic (exact) mass is 311 g/mol. The van der Waals surface area contributed by atoms with Gasteiger partial charge in [0.15, 0.2) is 5.96 Å². The van der Waals surface area contributed by atoms with Crippen LogP contribution in [0, 0.1) is 0 Å². The fraction of sp³-hybridized carbons (Fsp3) is 0.421. The van der Waals surface area contributed by atoms with Gasteiger partial charge in [-0.05, 0) is 37.5 Å². The van der Waals surface area contributed by atoms with Gasteiger partial charge in [0.2, 0.25) is 0 Å². The molecule has 1 saturated carbocycles. The molecule has 0 spiro atoms. The molecule has 0 aliphatic heterocycles. The Balaban J connectivity index is 1.64. The fourth-order valence-electron chi connectivity index (χ4n) is 3.12. The number of nitrogens with one attached hydrogen (secondary N) is 2. The summed E-state index contributed by atoms with van der Waals surface area (Å²) in [4.78, 5) is 4.61. The van der Waals surface area contributed by atoms with E-state index in [0.29, 0.717) is 6.54 Å². The molecule has 2 aromatic rings. The van der Waals surface area contributed by atoms with Crippen LogP contribution in [0.15, 0.2) is 58.1 Å². The zero-order valence-corrected chi connectivity index (χ0v) is 13.7. The summed E-state index contributed by atoms with van der Waals surface area (Å²) in [5.41, 5.74) is 1.68. The molecule has 122 valence electrons. The molecule has 0 unspecified atom stereocenters. The summed E-state index contributed by atoms with van der Waals surface area (Å²) in [5, 5.41) is 6.84. The molecular weight excluding hydrogens is 286 g/mol. The van der Waals surface area contributed by atoms with Crippen molar-refractivity contribution in [3.05, 3.63) is 60.1 Å². The van der Waals surface area contributed by atoms with Crippen LogP contribution in [0.25, 0.3) is 0 Å². The first kappa shape index (κ1) is 15.7. The highest BCUT2D eigenvalue weighted by Gasteiger charge is 2.38. The van der Waals surface area contributed by atoms with Gasteiger partial charge in [-0.3, -0.25) is 0 Å². The summed E-state index contributed by atoms with van der Waals surface area (Å²) in [7, 11) is 0. The Hall–Kier alpha value is -2.23. The van der Waals surface area contributed by atoms with E-state index in [1.807, 2.05) is 12.1 Å². The Labute approximate surface area is 138 Å². The molecule has 1 aromatic carbocycles. The molecule has 2 N–H and O–H groups in total. The maximum Gasteiger partial charge on any atom is 0.191 e. The van der Waals surface area contributed by atoms with Gasteiger partial charge in [0.25, 0.3) is 0 Å². The van der Waals surface area contributed by atoms with E-state index in [0.717, 1.165) is 24.8 Å². The molecule has 0 amide bonds. The third kappa shape index (κ3) is 3.76. The van der Waals surface area contributed by atoms with E-state index in [9.17, 15) is 0 Å². The average molecular weight is 311 g/mol. The molecule has 1 fully saturated rings. The highest BCUT2D eigenvalue weighted by atomic mass is 16.3. The number of furan rings is 1. The van der Waals surface area contributed by atoms with Crippen LogP contribution in [0.5, 0.6) is 0 Å². The number of guanidine groups is 1. The third-order valence-electron chi connectivity index (χ3n) is 4.61. The van der Waals surface area contributed by atoms with Crippen LogP contribution in [0.4, 0.5) is 0 Å². The highest BCUT2D eigenvalue weighted by Crippen LogP contribution is 2.43. The first-order valence-electron chi connectivity index (χ1n) is 8.42. The number of benzene rings is 1. The molecule has 23 heavy (non-hydrogen) atoms. The van der Waals surface area contributed by atoms with Crippen molar-refractivity contribution in [1.82, 2.24) is 10.6 Å². The highest BCUT2D eigenvalue weighted by molar-refractivity contribution is 5.79. The SMILES string of the molecule is CCNC(=NCc1ccco1)NCC1(c2ccccc2)CCC1. The molecule has 4 nitrogen and oxygen atoms in total. The number of aliphatic imine (C=N–C) groups is 1. The van der Waals surface area contributed by atoms with Crippen LogP contribution < -0.4 is 10.6 Å². The van der Waals surface area contributed by atoms with Crippen molar-refractivity contribution < 1.29 is 4.42 Å². The molecule has 3 rings (SSSR count). The summed E-state index contributed by atoms with van der Waals surface area (Å²) in [5.74, 6) is 1.73. The predicted octanol–water partition coefficient (Wildman–Crippen LogP) is 3.46. The van der Waals surface area contributed by atoms with Crippen molar-refractivity contribution in [1.29, 1.82) is 0 Å². The van der Waals surface area contributed by atoms with E-state index >= 15 is 0 Å². The normalized spacial score (nSPS) is 16.7. The van der Waals surface area contributed by atoms with Crippen molar-refractivity contribution in [2.75, 3.05) is 13.1 Å². The molecule has 0 saturated heterocycles. The lowest BCUT2D eigenvalue weighted by molar-refractivity contribution is 0.244. The van der Waals surface area contributed by atoms with E-state index in [2.05, 4.69) is 52.9 Å². The molecule has 0 atom stereocenters. The Morgan fingerprint density at radius 3 is 2.57 bits per heavy atom. The lowest BCUT2D eigenvalue weighted by Gasteiger charge is -2.43. The van der Waals surface area contributed by atoms with Crippen LogP contribution in [0.3, 0.4) is 0 Å². The van der Waals surface area contributed by atoms with Crippen molar-refractivity contribution in [2.24, 2.45) is 4.99 Å². The largest absolute Gasteiger partial charge is 0.467 e. The Kier molecular flexibility index (Phi) is 5.01. The molecule has 4 heteroatoms. The second kappa shape index (κ2) is 7.36. The van der Waals surface area contributed by atoms with Gasteiger partial charge >= 0.3 is 0 Å². The van der Waals surface area contributed by atoms with Crippen LogP contribution in [-0.4, -0.2) is 19.0 Å². The van der Waals surface area contributed by atoms with Crippen molar-refractivity contribution in [2.45, 2.75) is 38.1 Å². The molecule has 0 radical (unpaired) electrons. The smallest absolute Gasteiger partial charge is 0.191 e. The van der Waals surface area contributed by atoms with Gasteiger partial charge in [0, 0.05) is 18.5 Å². The van der Waals surface area contributed by atoms with Crippen LogP contribution in [0.2, 0.25) is 0 Å². The molecular formula is C19H25N3O. The Morgan fingerprint density at radius 2 is 1.96 bits per heavy atom. The quantitative estimate of drug-likeness (QED) is 0.634. The van der Waals surface area contributed by atoms with E-state index in [1.165, 1.54) is 24.8 Å². The van der Waals surface area contributed by atoms with E-state index in [4.69, 9.17) is 4.42 Å². The number of hydrogen-bond acceptors (Lipinski definition) is 2. The van der Waals surface area contributed by atoms with Crippen molar-refractivity contribution in [3.63, 3.8) is 0 Å². The van der Waals surface area contributed by atoms with Crippen LogP contribution in [0.1, 0.15) is 37.5 Å². The van der Waals surface area contributed by atoms with Crippen molar-refractivity contribution >= 4 is 5.96 Å². The van der Waals surface area contributed by atoms with E-state index in [1.54, 1.807) is 6.26 Å².